The summed E-state index contributed by atoms with van der Waals surface area (Å²) in [6.45, 7) is 1.49. The molecular formula is C11H13NO2. The van der Waals surface area contributed by atoms with Crippen LogP contribution in [0.2, 0.25) is 0 Å². The molecule has 0 saturated heterocycles. The number of hydrogen-bond acceptors (Lipinski definition) is 3. The normalized spacial score (nSPS) is 14.1. The topological polar surface area (TPSA) is 53.2 Å². The van der Waals surface area contributed by atoms with Crippen LogP contribution in [-0.4, -0.2) is 17.8 Å². The van der Waals surface area contributed by atoms with E-state index in [1.165, 1.54) is 6.92 Å². The van der Waals surface area contributed by atoms with Gasteiger partial charge in [-0.25, -0.2) is 0 Å². The predicted molar refractivity (Wildman–Crippen MR) is 52.9 cm³/mol. The van der Waals surface area contributed by atoms with Gasteiger partial charge in [-0.2, -0.15) is 5.26 Å². The summed E-state index contributed by atoms with van der Waals surface area (Å²) in [4.78, 5) is 0. The number of ether oxygens (including phenoxy) is 1. The molecule has 1 atom stereocenters. The van der Waals surface area contributed by atoms with E-state index in [0.717, 1.165) is 11.3 Å². The maximum Gasteiger partial charge on any atom is 0.152 e. The van der Waals surface area contributed by atoms with Crippen LogP contribution in [0.3, 0.4) is 0 Å². The minimum absolute atomic E-state index is 0.306. The van der Waals surface area contributed by atoms with Crippen LogP contribution in [0.25, 0.3) is 0 Å². The monoisotopic (exact) mass is 191 g/mol. The van der Waals surface area contributed by atoms with Gasteiger partial charge in [0.15, 0.2) is 5.60 Å². The molecule has 0 aliphatic heterocycles. The Morgan fingerprint density at radius 2 is 2.29 bits per heavy atom. The highest BCUT2D eigenvalue weighted by Gasteiger charge is 2.19. The van der Waals surface area contributed by atoms with Gasteiger partial charge in [0.1, 0.15) is 5.75 Å². The lowest BCUT2D eigenvalue weighted by Gasteiger charge is -2.14. The van der Waals surface area contributed by atoms with Crippen LogP contribution in [0.4, 0.5) is 0 Å². The van der Waals surface area contributed by atoms with E-state index in [4.69, 9.17) is 10.00 Å². The molecule has 1 N–H and O–H groups in total. The average Bonchev–Trinajstić information content (AvgIpc) is 2.17. The molecule has 0 radical (unpaired) electrons. The van der Waals surface area contributed by atoms with E-state index in [1.807, 2.05) is 30.3 Å². The molecule has 0 amide bonds. The Hall–Kier alpha value is -1.53. The van der Waals surface area contributed by atoms with Crippen molar-refractivity contribution in [1.29, 1.82) is 5.26 Å². The lowest BCUT2D eigenvalue weighted by molar-refractivity contribution is 0.120. The predicted octanol–water partition coefficient (Wildman–Crippen LogP) is 1.51. The summed E-state index contributed by atoms with van der Waals surface area (Å²) in [5.74, 6) is 0.733. The zero-order valence-corrected chi connectivity index (χ0v) is 8.32. The fourth-order valence-corrected chi connectivity index (χ4v) is 1.22. The molecule has 0 unspecified atom stereocenters. The van der Waals surface area contributed by atoms with Crippen molar-refractivity contribution in [3.05, 3.63) is 29.8 Å². The molecule has 0 bridgehead atoms. The van der Waals surface area contributed by atoms with Gasteiger partial charge in [0, 0.05) is 6.42 Å². The minimum atomic E-state index is -1.31. The Labute approximate surface area is 83.6 Å². The second-order valence-electron chi connectivity index (χ2n) is 3.41. The molecule has 0 aliphatic rings. The summed E-state index contributed by atoms with van der Waals surface area (Å²) in [6.07, 6.45) is 0.306. The molecule has 3 heteroatoms. The molecule has 0 fully saturated rings. The van der Waals surface area contributed by atoms with Crippen LogP contribution in [0.1, 0.15) is 12.5 Å². The summed E-state index contributed by atoms with van der Waals surface area (Å²) in [6, 6.07) is 9.17. The Morgan fingerprint density at radius 3 is 2.86 bits per heavy atom. The fourth-order valence-electron chi connectivity index (χ4n) is 1.22. The minimum Gasteiger partial charge on any atom is -0.497 e. The van der Waals surface area contributed by atoms with Crippen molar-refractivity contribution in [2.45, 2.75) is 18.9 Å². The summed E-state index contributed by atoms with van der Waals surface area (Å²) in [7, 11) is 1.58. The molecule has 3 nitrogen and oxygen atoms in total. The third-order valence-corrected chi connectivity index (χ3v) is 1.92. The molecule has 0 aliphatic carbocycles. The number of nitriles is 1. The van der Waals surface area contributed by atoms with Crippen molar-refractivity contribution in [3.63, 3.8) is 0 Å². The van der Waals surface area contributed by atoms with Gasteiger partial charge in [0.25, 0.3) is 0 Å². The van der Waals surface area contributed by atoms with Crippen LogP contribution in [-0.2, 0) is 6.42 Å². The van der Waals surface area contributed by atoms with Crippen molar-refractivity contribution in [2.24, 2.45) is 0 Å². The summed E-state index contributed by atoms with van der Waals surface area (Å²) >= 11 is 0. The lowest BCUT2D eigenvalue weighted by atomic mass is 9.98. The Bertz CT molecular complexity index is 353. The second-order valence-corrected chi connectivity index (χ2v) is 3.41. The standard InChI is InChI=1S/C11H13NO2/c1-11(13,8-12)7-9-4-3-5-10(6-9)14-2/h3-6,13H,7H2,1-2H3/t11-/m1/s1. The van der Waals surface area contributed by atoms with E-state index in [0.29, 0.717) is 6.42 Å². The summed E-state index contributed by atoms with van der Waals surface area (Å²) < 4.78 is 5.04. The van der Waals surface area contributed by atoms with E-state index in [1.54, 1.807) is 7.11 Å². The van der Waals surface area contributed by atoms with Crippen LogP contribution >= 0.6 is 0 Å². The van der Waals surface area contributed by atoms with Crippen molar-refractivity contribution < 1.29 is 9.84 Å². The van der Waals surface area contributed by atoms with Crippen LogP contribution < -0.4 is 4.74 Å². The van der Waals surface area contributed by atoms with Gasteiger partial charge in [0.05, 0.1) is 13.2 Å². The number of rotatable bonds is 3. The molecule has 1 aromatic rings. The van der Waals surface area contributed by atoms with E-state index >= 15 is 0 Å². The third kappa shape index (κ3) is 2.75. The van der Waals surface area contributed by atoms with Crippen LogP contribution in [0.15, 0.2) is 24.3 Å². The molecule has 1 aromatic carbocycles. The van der Waals surface area contributed by atoms with Gasteiger partial charge in [0.2, 0.25) is 0 Å². The Morgan fingerprint density at radius 1 is 1.57 bits per heavy atom. The molecule has 1 rings (SSSR count). The largest absolute Gasteiger partial charge is 0.497 e. The Kier molecular flexibility index (Phi) is 3.10. The van der Waals surface area contributed by atoms with Crippen molar-refractivity contribution >= 4 is 0 Å². The highest BCUT2D eigenvalue weighted by atomic mass is 16.5. The molecule has 0 saturated carbocycles. The number of aliphatic hydroxyl groups is 1. The Balaban J connectivity index is 2.83. The van der Waals surface area contributed by atoms with Gasteiger partial charge >= 0.3 is 0 Å². The highest BCUT2D eigenvalue weighted by molar-refractivity contribution is 5.30. The SMILES string of the molecule is COc1cccc(C[C@@](C)(O)C#N)c1. The van der Waals surface area contributed by atoms with E-state index in [9.17, 15) is 5.11 Å². The van der Waals surface area contributed by atoms with Gasteiger partial charge in [-0.15, -0.1) is 0 Å². The molecular weight excluding hydrogens is 178 g/mol. The number of hydrogen-bond donors (Lipinski definition) is 1. The zero-order chi connectivity index (χ0) is 10.6. The van der Waals surface area contributed by atoms with Gasteiger partial charge < -0.3 is 9.84 Å². The smallest absolute Gasteiger partial charge is 0.152 e. The second kappa shape index (κ2) is 4.12. The lowest BCUT2D eigenvalue weighted by Crippen LogP contribution is -2.24. The summed E-state index contributed by atoms with van der Waals surface area (Å²) in [5.41, 5.74) is -0.428. The van der Waals surface area contributed by atoms with E-state index < -0.39 is 5.60 Å². The fraction of sp³-hybridized carbons (Fsp3) is 0.364. The average molecular weight is 191 g/mol. The molecule has 0 heterocycles. The van der Waals surface area contributed by atoms with Crippen LogP contribution in [0, 0.1) is 11.3 Å². The van der Waals surface area contributed by atoms with E-state index in [-0.39, 0.29) is 0 Å². The summed E-state index contributed by atoms with van der Waals surface area (Å²) in [5, 5.41) is 18.2. The zero-order valence-electron chi connectivity index (χ0n) is 8.32. The maximum absolute atomic E-state index is 9.54. The third-order valence-electron chi connectivity index (χ3n) is 1.92. The van der Waals surface area contributed by atoms with Crippen LogP contribution in [0.5, 0.6) is 5.75 Å². The highest BCUT2D eigenvalue weighted by Crippen LogP contribution is 2.17. The first-order valence-electron chi connectivity index (χ1n) is 4.34. The van der Waals surface area contributed by atoms with Gasteiger partial charge in [-0.1, -0.05) is 12.1 Å². The number of methoxy groups -OCH3 is 1. The molecule has 74 valence electrons. The van der Waals surface area contributed by atoms with Gasteiger partial charge in [-0.05, 0) is 24.6 Å². The molecule has 14 heavy (non-hydrogen) atoms. The van der Waals surface area contributed by atoms with Gasteiger partial charge in [-0.3, -0.25) is 0 Å². The molecule has 0 spiro atoms. The quantitative estimate of drug-likeness (QED) is 0.737. The van der Waals surface area contributed by atoms with E-state index in [2.05, 4.69) is 0 Å². The number of benzene rings is 1. The molecule has 0 aromatic heterocycles. The first kappa shape index (κ1) is 10.6. The maximum atomic E-state index is 9.54. The first-order valence-corrected chi connectivity index (χ1v) is 4.34. The first-order chi connectivity index (χ1) is 6.57. The van der Waals surface area contributed by atoms with Crippen molar-refractivity contribution in [1.82, 2.24) is 0 Å². The van der Waals surface area contributed by atoms with Crippen molar-refractivity contribution in [2.75, 3.05) is 7.11 Å². The number of nitrogens with zero attached hydrogens (tertiary/aromatic N) is 1. The van der Waals surface area contributed by atoms with Crippen molar-refractivity contribution in [3.8, 4) is 11.8 Å².